The number of para-hydroxylation sites is 1. The monoisotopic (exact) mass is 454 g/mol. The number of carbonyl (C=O) groups is 3. The van der Waals surface area contributed by atoms with E-state index in [0.29, 0.717) is 31.4 Å². The van der Waals surface area contributed by atoms with Gasteiger partial charge in [0.15, 0.2) is 0 Å². The molecule has 2 aromatic carbocycles. The highest BCUT2D eigenvalue weighted by Gasteiger charge is 2.37. The first-order valence-corrected chi connectivity index (χ1v) is 11.1. The predicted octanol–water partition coefficient (Wildman–Crippen LogP) is 2.85. The third-order valence-corrected chi connectivity index (χ3v) is 5.75. The van der Waals surface area contributed by atoms with Crippen molar-refractivity contribution in [1.82, 2.24) is 5.32 Å². The Morgan fingerprint density at radius 2 is 1.79 bits per heavy atom. The SMILES string of the molecule is C[C@H](NC(CCc1ccccc1)OCCC(=O)O)C(=O)N1c2ccccc2CC[C@H]1C(=O)O. The number of carbonyl (C=O) groups excluding carboxylic acids is 1. The van der Waals surface area contributed by atoms with E-state index in [1.807, 2.05) is 42.5 Å². The molecule has 0 aliphatic carbocycles. The maximum Gasteiger partial charge on any atom is 0.326 e. The predicted molar refractivity (Wildman–Crippen MR) is 123 cm³/mol. The minimum absolute atomic E-state index is 0.00694. The number of nitrogens with one attached hydrogen (secondary N) is 1. The van der Waals surface area contributed by atoms with Crippen LogP contribution in [0.3, 0.4) is 0 Å². The lowest BCUT2D eigenvalue weighted by atomic mass is 9.95. The lowest BCUT2D eigenvalue weighted by Crippen LogP contribution is -2.55. The van der Waals surface area contributed by atoms with Gasteiger partial charge < -0.3 is 14.9 Å². The van der Waals surface area contributed by atoms with Crippen molar-refractivity contribution in [3.63, 3.8) is 0 Å². The molecule has 1 heterocycles. The van der Waals surface area contributed by atoms with Crippen LogP contribution in [-0.4, -0.2) is 53.0 Å². The molecule has 3 atom stereocenters. The molecule has 0 fully saturated rings. The van der Waals surface area contributed by atoms with Crippen LogP contribution in [0, 0.1) is 0 Å². The summed E-state index contributed by atoms with van der Waals surface area (Å²) >= 11 is 0. The van der Waals surface area contributed by atoms with E-state index >= 15 is 0 Å². The first-order chi connectivity index (χ1) is 15.9. The normalized spacial score (nSPS) is 17.1. The standard InChI is InChI=1S/C25H30N2O6/c1-17(24(30)27-20-10-6-5-9-19(20)12-13-21(27)25(31)32)26-22(33-16-15-23(28)29)14-11-18-7-3-2-4-8-18/h2-10,17,21-22,26H,11-16H2,1H3,(H,28,29)(H,31,32)/t17-,21-,22?/m0/s1. The number of carboxylic acid groups (broad SMARTS) is 2. The highest BCUT2D eigenvalue weighted by atomic mass is 16.5. The summed E-state index contributed by atoms with van der Waals surface area (Å²) in [5.74, 6) is -2.36. The van der Waals surface area contributed by atoms with Gasteiger partial charge in [0.1, 0.15) is 12.3 Å². The molecule has 0 saturated carbocycles. The molecule has 0 saturated heterocycles. The van der Waals surface area contributed by atoms with Gasteiger partial charge in [0.05, 0.1) is 19.1 Å². The Kier molecular flexibility index (Phi) is 8.57. The Morgan fingerprint density at radius 1 is 1.09 bits per heavy atom. The molecular weight excluding hydrogens is 424 g/mol. The molecule has 176 valence electrons. The minimum atomic E-state index is -1.04. The van der Waals surface area contributed by atoms with E-state index < -0.39 is 30.3 Å². The summed E-state index contributed by atoms with van der Waals surface area (Å²) in [6.45, 7) is 1.68. The summed E-state index contributed by atoms with van der Waals surface area (Å²) in [6.07, 6.45) is 1.43. The zero-order valence-electron chi connectivity index (χ0n) is 18.6. The Bertz CT molecular complexity index is 964. The van der Waals surface area contributed by atoms with Crippen molar-refractivity contribution in [2.24, 2.45) is 0 Å². The van der Waals surface area contributed by atoms with Crippen molar-refractivity contribution in [1.29, 1.82) is 0 Å². The topological polar surface area (TPSA) is 116 Å². The highest BCUT2D eigenvalue weighted by Crippen LogP contribution is 2.31. The van der Waals surface area contributed by atoms with E-state index in [0.717, 1.165) is 11.1 Å². The Balaban J connectivity index is 1.73. The number of nitrogens with zero attached hydrogens (tertiary/aromatic N) is 1. The fourth-order valence-electron chi connectivity index (χ4n) is 4.06. The second-order valence-corrected chi connectivity index (χ2v) is 8.15. The van der Waals surface area contributed by atoms with Crippen LogP contribution in [0.4, 0.5) is 5.69 Å². The summed E-state index contributed by atoms with van der Waals surface area (Å²) in [5.41, 5.74) is 2.65. The van der Waals surface area contributed by atoms with Gasteiger partial charge in [-0.25, -0.2) is 4.79 Å². The molecule has 0 radical (unpaired) electrons. The number of rotatable bonds is 11. The summed E-state index contributed by atoms with van der Waals surface area (Å²) in [4.78, 5) is 37.6. The average molecular weight is 455 g/mol. The molecule has 8 nitrogen and oxygen atoms in total. The van der Waals surface area contributed by atoms with Crippen LogP contribution >= 0.6 is 0 Å². The van der Waals surface area contributed by atoms with Crippen LogP contribution in [-0.2, 0) is 32.0 Å². The maximum absolute atomic E-state index is 13.4. The molecular formula is C25H30N2O6. The van der Waals surface area contributed by atoms with Gasteiger partial charge in [0.25, 0.3) is 0 Å². The summed E-state index contributed by atoms with van der Waals surface area (Å²) in [6, 6.07) is 15.5. The van der Waals surface area contributed by atoms with Gasteiger partial charge in [-0.15, -0.1) is 0 Å². The number of benzene rings is 2. The molecule has 1 aliphatic rings. The number of ether oxygens (including phenoxy) is 1. The van der Waals surface area contributed by atoms with E-state index in [1.54, 1.807) is 19.1 Å². The first-order valence-electron chi connectivity index (χ1n) is 11.1. The molecule has 0 aromatic heterocycles. The van der Waals surface area contributed by atoms with Gasteiger partial charge in [-0.05, 0) is 49.8 Å². The van der Waals surface area contributed by atoms with Crippen LogP contribution in [0.25, 0.3) is 0 Å². The van der Waals surface area contributed by atoms with E-state index in [4.69, 9.17) is 9.84 Å². The van der Waals surface area contributed by atoms with E-state index in [-0.39, 0.29) is 18.9 Å². The number of fused-ring (bicyclic) bond motifs is 1. The molecule has 0 spiro atoms. The fraction of sp³-hybridized carbons (Fsp3) is 0.400. The van der Waals surface area contributed by atoms with Gasteiger partial charge in [-0.1, -0.05) is 48.5 Å². The Hall–Kier alpha value is -3.23. The van der Waals surface area contributed by atoms with Crippen molar-refractivity contribution < 1.29 is 29.3 Å². The third-order valence-electron chi connectivity index (χ3n) is 5.75. The second-order valence-electron chi connectivity index (χ2n) is 8.15. The fourth-order valence-corrected chi connectivity index (χ4v) is 4.06. The van der Waals surface area contributed by atoms with Crippen LogP contribution < -0.4 is 10.2 Å². The van der Waals surface area contributed by atoms with Crippen LogP contribution in [0.1, 0.15) is 37.3 Å². The number of amides is 1. The van der Waals surface area contributed by atoms with Gasteiger partial charge in [0.2, 0.25) is 5.91 Å². The van der Waals surface area contributed by atoms with E-state index in [2.05, 4.69) is 5.32 Å². The smallest absolute Gasteiger partial charge is 0.326 e. The van der Waals surface area contributed by atoms with Crippen molar-refractivity contribution in [3.05, 3.63) is 65.7 Å². The molecule has 1 aliphatic heterocycles. The molecule has 3 rings (SSSR count). The quantitative estimate of drug-likeness (QED) is 0.447. The number of anilines is 1. The number of aliphatic carboxylic acids is 2. The molecule has 8 heteroatoms. The van der Waals surface area contributed by atoms with Crippen molar-refractivity contribution in [2.45, 2.75) is 57.3 Å². The number of carboxylic acids is 2. The minimum Gasteiger partial charge on any atom is -0.481 e. The summed E-state index contributed by atoms with van der Waals surface area (Å²) in [5, 5.41) is 21.8. The number of hydrogen-bond acceptors (Lipinski definition) is 5. The molecule has 0 bridgehead atoms. The van der Waals surface area contributed by atoms with Gasteiger partial charge in [-0.2, -0.15) is 0 Å². The molecule has 1 unspecified atom stereocenters. The van der Waals surface area contributed by atoms with Crippen LogP contribution in [0.5, 0.6) is 0 Å². The summed E-state index contributed by atoms with van der Waals surface area (Å²) in [7, 11) is 0. The first kappa shape index (κ1) is 24.4. The lowest BCUT2D eigenvalue weighted by Gasteiger charge is -2.37. The third kappa shape index (κ3) is 6.63. The molecule has 33 heavy (non-hydrogen) atoms. The van der Waals surface area contributed by atoms with Gasteiger partial charge in [0, 0.05) is 5.69 Å². The molecule has 1 amide bonds. The summed E-state index contributed by atoms with van der Waals surface area (Å²) < 4.78 is 5.75. The van der Waals surface area contributed by atoms with Crippen molar-refractivity contribution in [2.75, 3.05) is 11.5 Å². The van der Waals surface area contributed by atoms with Crippen molar-refractivity contribution >= 4 is 23.5 Å². The molecule has 2 aromatic rings. The van der Waals surface area contributed by atoms with Crippen LogP contribution in [0.15, 0.2) is 54.6 Å². The highest BCUT2D eigenvalue weighted by molar-refractivity contribution is 6.03. The number of hydrogen-bond donors (Lipinski definition) is 3. The zero-order valence-corrected chi connectivity index (χ0v) is 18.6. The second kappa shape index (κ2) is 11.6. The lowest BCUT2D eigenvalue weighted by molar-refractivity contribution is -0.140. The molecule has 3 N–H and O–H groups in total. The van der Waals surface area contributed by atoms with Gasteiger partial charge in [-0.3, -0.25) is 19.8 Å². The van der Waals surface area contributed by atoms with Crippen molar-refractivity contribution in [3.8, 4) is 0 Å². The number of aryl methyl sites for hydroxylation is 2. The zero-order chi connectivity index (χ0) is 23.8. The van der Waals surface area contributed by atoms with E-state index in [9.17, 15) is 19.5 Å². The van der Waals surface area contributed by atoms with Crippen LogP contribution in [0.2, 0.25) is 0 Å². The van der Waals surface area contributed by atoms with E-state index in [1.165, 1.54) is 4.90 Å². The largest absolute Gasteiger partial charge is 0.481 e. The maximum atomic E-state index is 13.4. The average Bonchev–Trinajstić information content (AvgIpc) is 2.81. The van der Waals surface area contributed by atoms with Gasteiger partial charge >= 0.3 is 11.9 Å². The Morgan fingerprint density at radius 3 is 2.48 bits per heavy atom. The Labute approximate surface area is 193 Å².